The monoisotopic (exact) mass is 320 g/mol. The second-order valence-corrected chi connectivity index (χ2v) is 5.17. The summed E-state index contributed by atoms with van der Waals surface area (Å²) in [5, 5.41) is 2.77. The van der Waals surface area contributed by atoms with E-state index in [-0.39, 0.29) is 18.5 Å². The number of hydrogen-bond acceptors (Lipinski definition) is 6. The highest BCUT2D eigenvalue weighted by Crippen LogP contribution is 2.17. The molecule has 0 atom stereocenters. The lowest BCUT2D eigenvalue weighted by Gasteiger charge is -2.06. The molecule has 0 spiro atoms. The molecule has 0 aliphatic heterocycles. The van der Waals surface area contributed by atoms with Gasteiger partial charge in [0.05, 0.1) is 30.0 Å². The van der Waals surface area contributed by atoms with Gasteiger partial charge in [-0.25, -0.2) is 9.78 Å². The van der Waals surface area contributed by atoms with Crippen molar-refractivity contribution in [2.75, 3.05) is 19.0 Å². The topological polar surface area (TPSA) is 77.5 Å². The Hall–Kier alpha value is -2.25. The molecule has 22 heavy (non-hydrogen) atoms. The zero-order valence-electron chi connectivity index (χ0n) is 12.3. The number of benzene rings is 1. The second kappa shape index (κ2) is 7.67. The summed E-state index contributed by atoms with van der Waals surface area (Å²) in [4.78, 5) is 28.4. The number of anilines is 1. The summed E-state index contributed by atoms with van der Waals surface area (Å²) in [6.07, 6.45) is 0. The fourth-order valence-electron chi connectivity index (χ4n) is 1.79. The average Bonchev–Trinajstić information content (AvgIpc) is 2.97. The van der Waals surface area contributed by atoms with Crippen LogP contribution in [0.15, 0.2) is 29.8 Å². The van der Waals surface area contributed by atoms with Gasteiger partial charge in [0.2, 0.25) is 0 Å². The summed E-state index contributed by atoms with van der Waals surface area (Å²) >= 11 is 1.25. The molecule has 0 fully saturated rings. The van der Waals surface area contributed by atoms with Gasteiger partial charge in [0.25, 0.3) is 5.91 Å². The van der Waals surface area contributed by atoms with Gasteiger partial charge in [-0.2, -0.15) is 0 Å². The molecular weight excluding hydrogens is 304 g/mol. The Bertz CT molecular complexity index is 652. The SMILES string of the molecule is CCOC(=O)c1ccc(NC(=O)c2scnc2COC)cc1. The fourth-order valence-corrected chi connectivity index (χ4v) is 2.48. The lowest BCUT2D eigenvalue weighted by Crippen LogP contribution is -2.13. The van der Waals surface area contributed by atoms with E-state index in [0.29, 0.717) is 28.4 Å². The molecule has 2 rings (SSSR count). The normalized spacial score (nSPS) is 10.3. The standard InChI is InChI=1S/C15H16N2O4S/c1-3-21-15(19)10-4-6-11(7-5-10)17-14(18)13-12(8-20-2)16-9-22-13/h4-7,9H,3,8H2,1-2H3,(H,17,18). The number of carbonyl (C=O) groups is 2. The number of methoxy groups -OCH3 is 1. The smallest absolute Gasteiger partial charge is 0.338 e. The summed E-state index contributed by atoms with van der Waals surface area (Å²) in [7, 11) is 1.55. The minimum Gasteiger partial charge on any atom is -0.462 e. The van der Waals surface area contributed by atoms with Crippen molar-refractivity contribution in [3.05, 3.63) is 45.9 Å². The van der Waals surface area contributed by atoms with E-state index in [1.807, 2.05) is 0 Å². The fraction of sp³-hybridized carbons (Fsp3) is 0.267. The average molecular weight is 320 g/mol. The maximum Gasteiger partial charge on any atom is 0.338 e. The number of hydrogen-bond donors (Lipinski definition) is 1. The van der Waals surface area contributed by atoms with Crippen molar-refractivity contribution >= 4 is 28.9 Å². The van der Waals surface area contributed by atoms with E-state index in [9.17, 15) is 9.59 Å². The molecular formula is C15H16N2O4S. The van der Waals surface area contributed by atoms with Gasteiger partial charge in [-0.3, -0.25) is 4.79 Å². The zero-order valence-corrected chi connectivity index (χ0v) is 13.1. The minimum atomic E-state index is -0.384. The van der Waals surface area contributed by atoms with Crippen LogP contribution in [0.5, 0.6) is 0 Å². The van der Waals surface area contributed by atoms with E-state index in [4.69, 9.17) is 9.47 Å². The summed E-state index contributed by atoms with van der Waals surface area (Å²) in [6, 6.07) is 6.52. The Labute approximate surface area is 132 Å². The molecule has 1 N–H and O–H groups in total. The summed E-state index contributed by atoms with van der Waals surface area (Å²) < 4.78 is 9.91. The molecule has 0 radical (unpaired) electrons. The highest BCUT2D eigenvalue weighted by molar-refractivity contribution is 7.12. The number of nitrogens with one attached hydrogen (secondary N) is 1. The summed E-state index contributed by atoms with van der Waals surface area (Å²) in [6.45, 7) is 2.36. The number of nitrogens with zero attached hydrogens (tertiary/aromatic N) is 1. The molecule has 1 aromatic carbocycles. The lowest BCUT2D eigenvalue weighted by atomic mass is 10.2. The first-order valence-electron chi connectivity index (χ1n) is 6.65. The first-order valence-corrected chi connectivity index (χ1v) is 7.53. The minimum absolute atomic E-state index is 0.251. The van der Waals surface area contributed by atoms with Gasteiger partial charge in [-0.1, -0.05) is 0 Å². The molecule has 1 amide bonds. The third-order valence-corrected chi connectivity index (χ3v) is 3.65. The van der Waals surface area contributed by atoms with Crippen LogP contribution in [0.1, 0.15) is 32.6 Å². The first-order chi connectivity index (χ1) is 10.7. The van der Waals surface area contributed by atoms with Crippen molar-refractivity contribution in [3.8, 4) is 0 Å². The van der Waals surface area contributed by atoms with Crippen LogP contribution < -0.4 is 5.32 Å². The largest absolute Gasteiger partial charge is 0.462 e. The van der Waals surface area contributed by atoms with Crippen LogP contribution in [0, 0.1) is 0 Å². The molecule has 0 bridgehead atoms. The Kier molecular flexibility index (Phi) is 5.62. The quantitative estimate of drug-likeness (QED) is 0.828. The molecule has 0 aliphatic rings. The van der Waals surface area contributed by atoms with Crippen molar-refractivity contribution in [3.63, 3.8) is 0 Å². The molecule has 0 aliphatic carbocycles. The number of thiazole rings is 1. The van der Waals surface area contributed by atoms with Gasteiger partial charge in [0.15, 0.2) is 0 Å². The number of ether oxygens (including phenoxy) is 2. The van der Waals surface area contributed by atoms with Crippen LogP contribution in [-0.4, -0.2) is 30.6 Å². The number of amides is 1. The number of aromatic nitrogens is 1. The van der Waals surface area contributed by atoms with Gasteiger partial charge < -0.3 is 14.8 Å². The Balaban J connectivity index is 2.05. The zero-order chi connectivity index (χ0) is 15.9. The lowest BCUT2D eigenvalue weighted by molar-refractivity contribution is 0.0526. The number of rotatable bonds is 6. The second-order valence-electron chi connectivity index (χ2n) is 4.31. The summed E-state index contributed by atoms with van der Waals surface area (Å²) in [5.41, 5.74) is 3.24. The Morgan fingerprint density at radius 2 is 2.00 bits per heavy atom. The third kappa shape index (κ3) is 3.90. The molecule has 0 saturated heterocycles. The van der Waals surface area contributed by atoms with E-state index >= 15 is 0 Å². The van der Waals surface area contributed by atoms with Crippen LogP contribution in [-0.2, 0) is 16.1 Å². The molecule has 2 aromatic rings. The van der Waals surface area contributed by atoms with Crippen LogP contribution in [0.3, 0.4) is 0 Å². The van der Waals surface area contributed by atoms with E-state index in [1.165, 1.54) is 11.3 Å². The third-order valence-electron chi connectivity index (χ3n) is 2.78. The predicted molar refractivity (Wildman–Crippen MR) is 83.2 cm³/mol. The van der Waals surface area contributed by atoms with Gasteiger partial charge >= 0.3 is 5.97 Å². The van der Waals surface area contributed by atoms with Crippen molar-refractivity contribution in [2.24, 2.45) is 0 Å². The van der Waals surface area contributed by atoms with E-state index in [2.05, 4.69) is 10.3 Å². The maximum atomic E-state index is 12.2. The molecule has 1 aromatic heterocycles. The van der Waals surface area contributed by atoms with E-state index in [1.54, 1.807) is 43.8 Å². The van der Waals surface area contributed by atoms with Crippen LogP contribution in [0.2, 0.25) is 0 Å². The Morgan fingerprint density at radius 1 is 1.27 bits per heavy atom. The molecule has 7 heteroatoms. The highest BCUT2D eigenvalue weighted by Gasteiger charge is 2.15. The van der Waals surface area contributed by atoms with Gasteiger partial charge in [-0.05, 0) is 31.2 Å². The Morgan fingerprint density at radius 3 is 2.64 bits per heavy atom. The maximum absolute atomic E-state index is 12.2. The first kappa shape index (κ1) is 16.1. The van der Waals surface area contributed by atoms with Crippen molar-refractivity contribution in [1.82, 2.24) is 4.98 Å². The van der Waals surface area contributed by atoms with Crippen LogP contribution in [0.25, 0.3) is 0 Å². The van der Waals surface area contributed by atoms with Gasteiger partial charge in [-0.15, -0.1) is 11.3 Å². The predicted octanol–water partition coefficient (Wildman–Crippen LogP) is 2.72. The molecule has 1 heterocycles. The van der Waals surface area contributed by atoms with Crippen LogP contribution in [0.4, 0.5) is 5.69 Å². The molecule has 0 unspecified atom stereocenters. The van der Waals surface area contributed by atoms with Crippen molar-refractivity contribution in [1.29, 1.82) is 0 Å². The van der Waals surface area contributed by atoms with E-state index < -0.39 is 0 Å². The number of esters is 1. The van der Waals surface area contributed by atoms with Gasteiger partial charge in [0.1, 0.15) is 4.88 Å². The molecule has 6 nitrogen and oxygen atoms in total. The van der Waals surface area contributed by atoms with Crippen LogP contribution >= 0.6 is 11.3 Å². The molecule has 116 valence electrons. The highest BCUT2D eigenvalue weighted by atomic mass is 32.1. The number of carbonyl (C=O) groups excluding carboxylic acids is 2. The van der Waals surface area contributed by atoms with E-state index in [0.717, 1.165) is 0 Å². The van der Waals surface area contributed by atoms with Crippen molar-refractivity contribution < 1.29 is 19.1 Å². The summed E-state index contributed by atoms with van der Waals surface area (Å²) in [5.74, 6) is -0.636. The van der Waals surface area contributed by atoms with Crippen molar-refractivity contribution in [2.45, 2.75) is 13.5 Å². The molecule has 0 saturated carbocycles. The van der Waals surface area contributed by atoms with Gasteiger partial charge in [0, 0.05) is 12.8 Å².